The standard InChI is InChI=1S/C5H8N2O/c1-4(8)3-5(6)7-2/h3,8H,1-2,6H2/b5-3-. The number of nitrogens with zero attached hydrogens (tertiary/aromatic N) is 1. The first-order chi connectivity index (χ1) is 3.66. The predicted octanol–water partition coefficient (Wildman–Crippen LogP) is 0.559. The molecule has 0 aromatic carbocycles. The van der Waals surface area contributed by atoms with Crippen LogP contribution in [0.1, 0.15) is 0 Å². The van der Waals surface area contributed by atoms with Crippen LogP contribution in [-0.4, -0.2) is 11.8 Å². The van der Waals surface area contributed by atoms with Crippen LogP contribution in [0, 0.1) is 0 Å². The average molecular weight is 112 g/mol. The lowest BCUT2D eigenvalue weighted by Crippen LogP contribution is -1.92. The Morgan fingerprint density at radius 2 is 2.25 bits per heavy atom. The van der Waals surface area contributed by atoms with E-state index >= 15 is 0 Å². The van der Waals surface area contributed by atoms with Gasteiger partial charge in [0.25, 0.3) is 0 Å². The molecule has 8 heavy (non-hydrogen) atoms. The van der Waals surface area contributed by atoms with Gasteiger partial charge in [0.15, 0.2) is 0 Å². The van der Waals surface area contributed by atoms with Gasteiger partial charge >= 0.3 is 0 Å². The fourth-order valence-corrected chi connectivity index (χ4v) is 0.216. The fourth-order valence-electron chi connectivity index (χ4n) is 0.216. The molecule has 0 aromatic rings. The second-order valence-electron chi connectivity index (χ2n) is 1.22. The van der Waals surface area contributed by atoms with E-state index in [2.05, 4.69) is 18.3 Å². The largest absolute Gasteiger partial charge is 0.508 e. The van der Waals surface area contributed by atoms with E-state index in [1.54, 1.807) is 0 Å². The molecule has 0 aliphatic rings. The molecule has 0 aromatic heterocycles. The van der Waals surface area contributed by atoms with Crippen LogP contribution in [0.2, 0.25) is 0 Å². The molecule has 0 unspecified atom stereocenters. The third-order valence-electron chi connectivity index (χ3n) is 0.497. The van der Waals surface area contributed by atoms with E-state index < -0.39 is 0 Å². The minimum absolute atomic E-state index is 0.116. The summed E-state index contributed by atoms with van der Waals surface area (Å²) in [7, 11) is 0. The van der Waals surface area contributed by atoms with Gasteiger partial charge in [-0.25, -0.2) is 4.99 Å². The molecular formula is C5H8N2O. The topological polar surface area (TPSA) is 58.6 Å². The van der Waals surface area contributed by atoms with Crippen molar-refractivity contribution in [2.75, 3.05) is 0 Å². The van der Waals surface area contributed by atoms with E-state index in [4.69, 9.17) is 10.8 Å². The minimum Gasteiger partial charge on any atom is -0.508 e. The summed E-state index contributed by atoms with van der Waals surface area (Å²) in [6.07, 6.45) is 1.22. The Morgan fingerprint density at radius 3 is 2.38 bits per heavy atom. The molecule has 0 aliphatic heterocycles. The Bertz CT molecular complexity index is 137. The van der Waals surface area contributed by atoms with Gasteiger partial charge in [0.05, 0.1) is 0 Å². The van der Waals surface area contributed by atoms with E-state index in [0.717, 1.165) is 0 Å². The lowest BCUT2D eigenvalue weighted by atomic mass is 10.5. The summed E-state index contributed by atoms with van der Waals surface area (Å²) < 4.78 is 0. The molecule has 3 nitrogen and oxygen atoms in total. The molecule has 0 spiro atoms. The third-order valence-corrected chi connectivity index (χ3v) is 0.497. The lowest BCUT2D eigenvalue weighted by Gasteiger charge is -1.87. The van der Waals surface area contributed by atoms with Crippen LogP contribution < -0.4 is 5.73 Å². The second kappa shape index (κ2) is 2.85. The second-order valence-corrected chi connectivity index (χ2v) is 1.22. The number of rotatable bonds is 2. The van der Waals surface area contributed by atoms with Gasteiger partial charge in [0, 0.05) is 6.08 Å². The van der Waals surface area contributed by atoms with E-state index in [9.17, 15) is 0 Å². The summed E-state index contributed by atoms with van der Waals surface area (Å²) in [6, 6.07) is 0. The van der Waals surface area contributed by atoms with Crippen LogP contribution in [0.15, 0.2) is 29.2 Å². The quantitative estimate of drug-likeness (QED) is 0.311. The van der Waals surface area contributed by atoms with Crippen molar-refractivity contribution in [3.63, 3.8) is 0 Å². The van der Waals surface area contributed by atoms with Crippen molar-refractivity contribution in [1.82, 2.24) is 0 Å². The normalized spacial score (nSPS) is 10.8. The van der Waals surface area contributed by atoms with Crippen LogP contribution in [-0.2, 0) is 0 Å². The highest BCUT2D eigenvalue weighted by molar-refractivity contribution is 5.29. The highest BCUT2D eigenvalue weighted by atomic mass is 16.3. The molecule has 0 heterocycles. The van der Waals surface area contributed by atoms with Crippen LogP contribution >= 0.6 is 0 Å². The van der Waals surface area contributed by atoms with E-state index in [0.29, 0.717) is 0 Å². The number of aliphatic imine (C=N–C) groups is 1. The summed E-state index contributed by atoms with van der Waals surface area (Å²) in [5.74, 6) is 0.0485. The van der Waals surface area contributed by atoms with Crippen molar-refractivity contribution < 1.29 is 5.11 Å². The molecule has 0 rings (SSSR count). The van der Waals surface area contributed by atoms with Gasteiger partial charge in [0.2, 0.25) is 0 Å². The zero-order valence-corrected chi connectivity index (χ0v) is 4.46. The average Bonchev–Trinajstić information content (AvgIpc) is 1.65. The van der Waals surface area contributed by atoms with Crippen molar-refractivity contribution in [1.29, 1.82) is 0 Å². The van der Waals surface area contributed by atoms with Crippen molar-refractivity contribution in [2.45, 2.75) is 0 Å². The molecule has 0 radical (unpaired) electrons. The monoisotopic (exact) mass is 112 g/mol. The molecule has 0 saturated heterocycles. The molecule has 3 heteroatoms. The number of allylic oxidation sites excluding steroid dienone is 1. The number of hydrogen-bond acceptors (Lipinski definition) is 3. The highest BCUT2D eigenvalue weighted by Crippen LogP contribution is 1.89. The molecule has 3 N–H and O–H groups in total. The maximum Gasteiger partial charge on any atom is 0.126 e. The first kappa shape index (κ1) is 6.75. The number of nitrogens with two attached hydrogens (primary N) is 1. The van der Waals surface area contributed by atoms with Gasteiger partial charge in [-0.05, 0) is 6.72 Å². The maximum atomic E-state index is 8.42. The molecular weight excluding hydrogens is 104 g/mol. The first-order valence-electron chi connectivity index (χ1n) is 1.98. The van der Waals surface area contributed by atoms with Crippen molar-refractivity contribution in [2.24, 2.45) is 10.7 Å². The van der Waals surface area contributed by atoms with Crippen molar-refractivity contribution >= 4 is 6.72 Å². The van der Waals surface area contributed by atoms with Crippen LogP contribution in [0.4, 0.5) is 0 Å². The van der Waals surface area contributed by atoms with Crippen molar-refractivity contribution in [3.05, 3.63) is 24.2 Å². The Hall–Kier alpha value is -1.25. The molecule has 44 valence electrons. The fraction of sp³-hybridized carbons (Fsp3) is 0. The zero-order chi connectivity index (χ0) is 6.57. The highest BCUT2D eigenvalue weighted by Gasteiger charge is 1.80. The summed E-state index contributed by atoms with van der Waals surface area (Å²) in [6.45, 7) is 6.27. The van der Waals surface area contributed by atoms with Crippen LogP contribution in [0.3, 0.4) is 0 Å². The summed E-state index contributed by atoms with van der Waals surface area (Å²) in [5, 5.41) is 8.42. The summed E-state index contributed by atoms with van der Waals surface area (Å²) in [5.41, 5.74) is 5.08. The molecule has 0 aliphatic carbocycles. The van der Waals surface area contributed by atoms with Crippen LogP contribution in [0.25, 0.3) is 0 Å². The van der Waals surface area contributed by atoms with Crippen LogP contribution in [0.5, 0.6) is 0 Å². The van der Waals surface area contributed by atoms with Gasteiger partial charge in [-0.2, -0.15) is 0 Å². The van der Waals surface area contributed by atoms with Gasteiger partial charge in [-0.15, -0.1) is 0 Å². The van der Waals surface area contributed by atoms with E-state index in [-0.39, 0.29) is 11.6 Å². The molecule has 0 amide bonds. The Kier molecular flexibility index (Phi) is 2.40. The third kappa shape index (κ3) is 2.96. The lowest BCUT2D eigenvalue weighted by molar-refractivity contribution is 0.434. The van der Waals surface area contributed by atoms with Gasteiger partial charge in [0.1, 0.15) is 11.6 Å². The molecule has 0 atom stereocenters. The van der Waals surface area contributed by atoms with E-state index in [1.807, 2.05) is 0 Å². The predicted molar refractivity (Wildman–Crippen MR) is 33.6 cm³/mol. The Labute approximate surface area is 47.8 Å². The SMILES string of the molecule is C=N/C(N)=C\C(=C)O. The van der Waals surface area contributed by atoms with Crippen molar-refractivity contribution in [3.8, 4) is 0 Å². The summed E-state index contributed by atoms with van der Waals surface area (Å²) in [4.78, 5) is 3.30. The van der Waals surface area contributed by atoms with Gasteiger partial charge < -0.3 is 10.8 Å². The summed E-state index contributed by atoms with van der Waals surface area (Å²) >= 11 is 0. The Morgan fingerprint density at radius 1 is 1.75 bits per heavy atom. The van der Waals surface area contributed by atoms with E-state index in [1.165, 1.54) is 6.08 Å². The molecule has 0 bridgehead atoms. The Balaban J connectivity index is 3.94. The number of aliphatic hydroxyl groups excluding tert-OH is 1. The number of aliphatic hydroxyl groups is 1. The molecule has 0 fully saturated rings. The number of hydrogen-bond donors (Lipinski definition) is 2. The maximum absolute atomic E-state index is 8.42. The first-order valence-corrected chi connectivity index (χ1v) is 1.98. The van der Waals surface area contributed by atoms with Gasteiger partial charge in [-0.3, -0.25) is 0 Å². The van der Waals surface area contributed by atoms with Gasteiger partial charge in [-0.1, -0.05) is 6.58 Å². The minimum atomic E-state index is -0.116. The smallest absolute Gasteiger partial charge is 0.126 e. The molecule has 0 saturated carbocycles. The zero-order valence-electron chi connectivity index (χ0n) is 4.46.